The zero-order valence-corrected chi connectivity index (χ0v) is 14.8. The summed E-state index contributed by atoms with van der Waals surface area (Å²) in [7, 11) is 0.534. The van der Waals surface area contributed by atoms with Gasteiger partial charge in [0.2, 0.25) is 5.91 Å². The molecule has 23 heavy (non-hydrogen) atoms. The molecular formula is C16H25N3O3S. The predicted molar refractivity (Wildman–Crippen MR) is 89.9 cm³/mol. The summed E-state index contributed by atoms with van der Waals surface area (Å²) < 4.78 is 23.0. The average Bonchev–Trinajstić information content (AvgIpc) is 2.68. The Labute approximate surface area is 138 Å². The molecule has 0 saturated carbocycles. The minimum absolute atomic E-state index is 0.0530. The molecule has 1 fully saturated rings. The highest BCUT2D eigenvalue weighted by molar-refractivity contribution is 7.90. The lowest BCUT2D eigenvalue weighted by molar-refractivity contribution is -0.125. The summed E-state index contributed by atoms with van der Waals surface area (Å²) in [6.07, 6.45) is 1.21. The van der Waals surface area contributed by atoms with Crippen molar-refractivity contribution in [2.75, 3.05) is 46.5 Å². The summed E-state index contributed by atoms with van der Waals surface area (Å²) in [5, 5.41) is 2.73. The maximum absolute atomic E-state index is 12.0. The molecule has 128 valence electrons. The Bertz CT molecular complexity index is 643. The molecule has 1 heterocycles. The Hall–Kier alpha value is -1.44. The second-order valence-electron chi connectivity index (χ2n) is 6.22. The molecule has 0 aromatic heterocycles. The van der Waals surface area contributed by atoms with E-state index in [0.717, 1.165) is 25.2 Å². The molecule has 1 amide bonds. The second-order valence-corrected chi connectivity index (χ2v) is 8.24. The van der Waals surface area contributed by atoms with Crippen LogP contribution in [0.5, 0.6) is 0 Å². The van der Waals surface area contributed by atoms with Crippen LogP contribution < -0.4 is 5.32 Å². The first-order valence-electron chi connectivity index (χ1n) is 7.71. The first-order valence-corrected chi connectivity index (χ1v) is 9.60. The van der Waals surface area contributed by atoms with Crippen molar-refractivity contribution >= 4 is 15.7 Å². The number of benzene rings is 1. The molecule has 1 aliphatic rings. The molecule has 1 aromatic carbocycles. The van der Waals surface area contributed by atoms with Gasteiger partial charge in [0.1, 0.15) is 0 Å². The van der Waals surface area contributed by atoms with Gasteiger partial charge in [0.15, 0.2) is 9.84 Å². The normalized spacial score (nSPS) is 20.9. The minimum atomic E-state index is -3.16. The van der Waals surface area contributed by atoms with E-state index in [0.29, 0.717) is 18.0 Å². The third kappa shape index (κ3) is 5.02. The van der Waals surface area contributed by atoms with Crippen molar-refractivity contribution in [3.63, 3.8) is 0 Å². The topological polar surface area (TPSA) is 69.7 Å². The van der Waals surface area contributed by atoms with Crippen LogP contribution in [0.4, 0.5) is 0 Å². The molecule has 7 heteroatoms. The Morgan fingerprint density at radius 1 is 1.22 bits per heavy atom. The number of hydrogen-bond donors (Lipinski definition) is 1. The molecule has 2 rings (SSSR count). The molecule has 1 aromatic rings. The van der Waals surface area contributed by atoms with Gasteiger partial charge in [-0.25, -0.2) is 8.42 Å². The van der Waals surface area contributed by atoms with E-state index in [4.69, 9.17) is 0 Å². The van der Waals surface area contributed by atoms with Crippen LogP contribution in [-0.4, -0.2) is 70.7 Å². The van der Waals surface area contributed by atoms with Gasteiger partial charge in [0.05, 0.1) is 10.8 Å². The lowest BCUT2D eigenvalue weighted by Crippen LogP contribution is -2.39. The molecule has 1 N–H and O–H groups in total. The van der Waals surface area contributed by atoms with E-state index < -0.39 is 9.84 Å². The molecule has 0 spiro atoms. The van der Waals surface area contributed by atoms with E-state index in [1.807, 2.05) is 19.2 Å². The fourth-order valence-electron chi connectivity index (χ4n) is 2.85. The largest absolute Gasteiger partial charge is 0.359 e. The predicted octanol–water partition coefficient (Wildman–Crippen LogP) is 0.200. The number of hydrogen-bond acceptors (Lipinski definition) is 5. The Morgan fingerprint density at radius 2 is 1.87 bits per heavy atom. The van der Waals surface area contributed by atoms with Gasteiger partial charge in [0, 0.05) is 46.0 Å². The van der Waals surface area contributed by atoms with Crippen LogP contribution in [0.25, 0.3) is 0 Å². The lowest BCUT2D eigenvalue weighted by atomic mass is 10.1. The Balaban J connectivity index is 2.07. The quantitative estimate of drug-likeness (QED) is 0.849. The maximum Gasteiger partial charge on any atom is 0.225 e. The molecule has 1 aliphatic heterocycles. The number of rotatable bonds is 4. The molecule has 0 bridgehead atoms. The van der Waals surface area contributed by atoms with Gasteiger partial charge < -0.3 is 10.2 Å². The number of nitrogens with zero attached hydrogens (tertiary/aromatic N) is 2. The fourth-order valence-corrected chi connectivity index (χ4v) is 3.48. The third-order valence-electron chi connectivity index (χ3n) is 4.18. The summed E-state index contributed by atoms with van der Waals surface area (Å²) in [6.45, 7) is 3.97. The monoisotopic (exact) mass is 339 g/mol. The zero-order chi connectivity index (χ0) is 17.0. The standard InChI is InChI=1S/C16H25N3O3S/c1-17-16(20)14-11-18(2)8-9-19(12-14)10-13-4-6-15(7-5-13)23(3,21)22/h4-7,14H,8-12H2,1-3H3,(H,17,20)/t14-/m0/s1. The van der Waals surface area contributed by atoms with Gasteiger partial charge in [-0.3, -0.25) is 9.69 Å². The third-order valence-corrected chi connectivity index (χ3v) is 5.31. The number of likely N-dealkylation sites (N-methyl/N-ethyl adjacent to an activating group) is 1. The molecule has 0 unspecified atom stereocenters. The highest BCUT2D eigenvalue weighted by Crippen LogP contribution is 2.15. The van der Waals surface area contributed by atoms with Crippen LogP contribution in [0.1, 0.15) is 5.56 Å². The fraction of sp³-hybridized carbons (Fsp3) is 0.562. The van der Waals surface area contributed by atoms with Crippen molar-refractivity contribution in [3.05, 3.63) is 29.8 Å². The van der Waals surface area contributed by atoms with Crippen molar-refractivity contribution < 1.29 is 13.2 Å². The summed E-state index contributed by atoms with van der Waals surface area (Å²) in [5.74, 6) is 0.0129. The first-order chi connectivity index (χ1) is 10.8. The molecular weight excluding hydrogens is 314 g/mol. The van der Waals surface area contributed by atoms with Gasteiger partial charge in [-0.1, -0.05) is 12.1 Å². The van der Waals surface area contributed by atoms with E-state index in [9.17, 15) is 13.2 Å². The van der Waals surface area contributed by atoms with Crippen molar-refractivity contribution in [1.82, 2.24) is 15.1 Å². The van der Waals surface area contributed by atoms with Crippen LogP contribution in [-0.2, 0) is 21.2 Å². The van der Waals surface area contributed by atoms with Gasteiger partial charge in [-0.2, -0.15) is 0 Å². The van der Waals surface area contributed by atoms with Crippen LogP contribution >= 0.6 is 0 Å². The SMILES string of the molecule is CNC(=O)[C@H]1CN(C)CCN(Cc2ccc(S(C)(=O)=O)cc2)C1. The summed E-state index contributed by atoms with van der Waals surface area (Å²) in [6, 6.07) is 6.98. The Kier molecular flexibility index (Phi) is 5.78. The van der Waals surface area contributed by atoms with Crippen LogP contribution in [0, 0.1) is 5.92 Å². The van der Waals surface area contributed by atoms with Crippen LogP contribution in [0.3, 0.4) is 0 Å². The number of sulfone groups is 1. The molecule has 0 aliphatic carbocycles. The van der Waals surface area contributed by atoms with Gasteiger partial charge in [-0.15, -0.1) is 0 Å². The summed E-state index contributed by atoms with van der Waals surface area (Å²) >= 11 is 0. The van der Waals surface area contributed by atoms with Gasteiger partial charge in [0.25, 0.3) is 0 Å². The first kappa shape index (κ1) is 17.9. The molecule has 0 radical (unpaired) electrons. The minimum Gasteiger partial charge on any atom is -0.359 e. The van der Waals surface area contributed by atoms with Crippen molar-refractivity contribution in [2.45, 2.75) is 11.4 Å². The maximum atomic E-state index is 12.0. The summed E-state index contributed by atoms with van der Waals surface area (Å²) in [5.41, 5.74) is 1.05. The van der Waals surface area contributed by atoms with Gasteiger partial charge in [-0.05, 0) is 24.7 Å². The van der Waals surface area contributed by atoms with E-state index >= 15 is 0 Å². The van der Waals surface area contributed by atoms with E-state index in [1.165, 1.54) is 6.26 Å². The average molecular weight is 339 g/mol. The van der Waals surface area contributed by atoms with Crippen molar-refractivity contribution in [1.29, 1.82) is 0 Å². The second kappa shape index (κ2) is 7.42. The highest BCUT2D eigenvalue weighted by Gasteiger charge is 2.25. The van der Waals surface area contributed by atoms with Crippen LogP contribution in [0.2, 0.25) is 0 Å². The summed E-state index contributed by atoms with van der Waals surface area (Å²) in [4.78, 5) is 16.7. The molecule has 1 atom stereocenters. The number of amides is 1. The lowest BCUT2D eigenvalue weighted by Gasteiger charge is -2.23. The highest BCUT2D eigenvalue weighted by atomic mass is 32.2. The number of carbonyl (C=O) groups excluding carboxylic acids is 1. The molecule has 1 saturated heterocycles. The number of nitrogens with one attached hydrogen (secondary N) is 1. The van der Waals surface area contributed by atoms with Crippen LogP contribution in [0.15, 0.2) is 29.2 Å². The zero-order valence-electron chi connectivity index (χ0n) is 13.9. The number of carbonyl (C=O) groups is 1. The van der Waals surface area contributed by atoms with E-state index in [1.54, 1.807) is 19.2 Å². The van der Waals surface area contributed by atoms with E-state index in [2.05, 4.69) is 15.1 Å². The van der Waals surface area contributed by atoms with Crippen molar-refractivity contribution in [3.8, 4) is 0 Å². The smallest absolute Gasteiger partial charge is 0.225 e. The van der Waals surface area contributed by atoms with Gasteiger partial charge >= 0.3 is 0 Å². The van der Waals surface area contributed by atoms with Crippen molar-refractivity contribution in [2.24, 2.45) is 5.92 Å². The van der Waals surface area contributed by atoms with E-state index in [-0.39, 0.29) is 11.8 Å². The molecule has 6 nitrogen and oxygen atoms in total. The Morgan fingerprint density at radius 3 is 2.43 bits per heavy atom.